The Hall–Kier alpha value is -2.40. The van der Waals surface area contributed by atoms with E-state index in [1.54, 1.807) is 6.07 Å². The topological polar surface area (TPSA) is 118 Å². The van der Waals surface area contributed by atoms with E-state index in [0.717, 1.165) is 4.68 Å². The third-order valence-electron chi connectivity index (χ3n) is 2.91. The van der Waals surface area contributed by atoms with Crippen LogP contribution in [-0.4, -0.2) is 51.3 Å². The zero-order valence-corrected chi connectivity index (χ0v) is 11.9. The van der Waals surface area contributed by atoms with E-state index in [4.69, 9.17) is 12.2 Å². The standard InChI is InChI=1S/C10H7N5O4S2/c16-8(15-10(20)11-12-13-15)5-14-9(17)6-3-1-2-4-7(6)21(14,18)19/h1-4H,5H2,(H,11,13,20). The van der Waals surface area contributed by atoms with E-state index >= 15 is 0 Å². The summed E-state index contributed by atoms with van der Waals surface area (Å²) in [6, 6.07) is 5.76. The van der Waals surface area contributed by atoms with Crippen LogP contribution in [0.15, 0.2) is 29.2 Å². The largest absolute Gasteiger partial charge is 0.270 e. The summed E-state index contributed by atoms with van der Waals surface area (Å²) in [5.74, 6) is -1.51. The normalized spacial score (nSPS) is 16.0. The van der Waals surface area contributed by atoms with Gasteiger partial charge in [0, 0.05) is 0 Å². The first-order valence-corrected chi connectivity index (χ1v) is 7.47. The number of rotatable bonds is 2. The molecule has 0 saturated heterocycles. The average molecular weight is 325 g/mol. The summed E-state index contributed by atoms with van der Waals surface area (Å²) in [5, 5.41) is 8.94. The fourth-order valence-corrected chi connectivity index (χ4v) is 3.64. The second kappa shape index (κ2) is 4.56. The van der Waals surface area contributed by atoms with Gasteiger partial charge in [0.15, 0.2) is 0 Å². The minimum atomic E-state index is -4.03. The first-order chi connectivity index (χ1) is 9.93. The Balaban J connectivity index is 1.99. The number of fused-ring (bicyclic) bond motifs is 1. The van der Waals surface area contributed by atoms with Crippen molar-refractivity contribution in [2.75, 3.05) is 6.54 Å². The quantitative estimate of drug-likeness (QED) is 0.601. The molecular formula is C10H7N5O4S2. The van der Waals surface area contributed by atoms with Crippen molar-refractivity contribution < 1.29 is 18.0 Å². The van der Waals surface area contributed by atoms with E-state index in [2.05, 4.69) is 15.5 Å². The molecule has 2 aromatic rings. The lowest BCUT2D eigenvalue weighted by Gasteiger charge is -2.13. The van der Waals surface area contributed by atoms with Gasteiger partial charge < -0.3 is 0 Å². The predicted molar refractivity (Wildman–Crippen MR) is 70.5 cm³/mol. The Kier molecular flexibility index (Phi) is 2.95. The molecule has 1 aliphatic rings. The predicted octanol–water partition coefficient (Wildman–Crippen LogP) is -0.179. The second-order valence-corrected chi connectivity index (χ2v) is 6.32. The zero-order valence-electron chi connectivity index (χ0n) is 10.3. The summed E-state index contributed by atoms with van der Waals surface area (Å²) in [4.78, 5) is 24.0. The molecular weight excluding hydrogens is 318 g/mol. The summed E-state index contributed by atoms with van der Waals surface area (Å²) in [6.07, 6.45) is 0. The molecule has 0 radical (unpaired) electrons. The highest BCUT2D eigenvalue weighted by molar-refractivity contribution is 7.90. The molecule has 1 aliphatic heterocycles. The van der Waals surface area contributed by atoms with Crippen LogP contribution < -0.4 is 0 Å². The van der Waals surface area contributed by atoms with Gasteiger partial charge >= 0.3 is 0 Å². The number of aromatic nitrogens is 4. The molecule has 1 aromatic heterocycles. The van der Waals surface area contributed by atoms with Gasteiger partial charge in [0.05, 0.1) is 5.56 Å². The van der Waals surface area contributed by atoms with Gasteiger partial charge in [-0.1, -0.05) is 22.4 Å². The number of aromatic amines is 1. The van der Waals surface area contributed by atoms with Crippen molar-refractivity contribution in [3.05, 3.63) is 34.6 Å². The van der Waals surface area contributed by atoms with Gasteiger partial charge in [0.25, 0.3) is 21.8 Å². The molecule has 2 heterocycles. The van der Waals surface area contributed by atoms with Gasteiger partial charge in [-0.05, 0) is 24.4 Å². The van der Waals surface area contributed by atoms with Crippen LogP contribution in [0.3, 0.4) is 0 Å². The van der Waals surface area contributed by atoms with Crippen LogP contribution in [0, 0.1) is 4.77 Å². The Morgan fingerprint density at radius 3 is 2.67 bits per heavy atom. The van der Waals surface area contributed by atoms with E-state index in [9.17, 15) is 18.0 Å². The molecule has 0 bridgehead atoms. The summed E-state index contributed by atoms with van der Waals surface area (Å²) < 4.78 is 25.7. The summed E-state index contributed by atoms with van der Waals surface area (Å²) in [7, 11) is -4.03. The smallest absolute Gasteiger partial charge is 0.269 e. The Bertz CT molecular complexity index is 913. The van der Waals surface area contributed by atoms with E-state index in [1.165, 1.54) is 18.2 Å². The van der Waals surface area contributed by atoms with Crippen molar-refractivity contribution in [2.24, 2.45) is 0 Å². The van der Waals surface area contributed by atoms with Crippen LogP contribution in [0.5, 0.6) is 0 Å². The Morgan fingerprint density at radius 1 is 1.33 bits per heavy atom. The first-order valence-electron chi connectivity index (χ1n) is 5.62. The monoisotopic (exact) mass is 325 g/mol. The average Bonchev–Trinajstić information content (AvgIpc) is 2.96. The van der Waals surface area contributed by atoms with Gasteiger partial charge in [-0.3, -0.25) is 9.59 Å². The molecule has 1 aromatic carbocycles. The van der Waals surface area contributed by atoms with Crippen LogP contribution in [0.4, 0.5) is 0 Å². The number of benzene rings is 1. The number of nitrogens with zero attached hydrogens (tertiary/aromatic N) is 4. The van der Waals surface area contributed by atoms with Crippen molar-refractivity contribution in [3.63, 3.8) is 0 Å². The van der Waals surface area contributed by atoms with Crippen LogP contribution >= 0.6 is 12.2 Å². The van der Waals surface area contributed by atoms with Gasteiger partial charge in [0.1, 0.15) is 11.4 Å². The molecule has 0 saturated carbocycles. The van der Waals surface area contributed by atoms with Crippen molar-refractivity contribution in [1.82, 2.24) is 24.5 Å². The molecule has 108 valence electrons. The first kappa shape index (κ1) is 13.6. The van der Waals surface area contributed by atoms with E-state index < -0.39 is 28.4 Å². The fraction of sp³-hybridized carbons (Fsp3) is 0.100. The van der Waals surface area contributed by atoms with Crippen LogP contribution in [0.25, 0.3) is 0 Å². The number of sulfonamides is 1. The number of hydrogen-bond acceptors (Lipinski definition) is 7. The maximum Gasteiger partial charge on any atom is 0.269 e. The lowest BCUT2D eigenvalue weighted by atomic mass is 10.2. The zero-order chi connectivity index (χ0) is 15.2. The molecule has 3 rings (SSSR count). The van der Waals surface area contributed by atoms with Crippen LogP contribution in [0.2, 0.25) is 0 Å². The maximum atomic E-state index is 12.3. The molecule has 1 N–H and O–H groups in total. The number of amides is 1. The van der Waals surface area contributed by atoms with E-state index in [-0.39, 0.29) is 15.2 Å². The molecule has 21 heavy (non-hydrogen) atoms. The second-order valence-electron chi connectivity index (χ2n) is 4.12. The minimum Gasteiger partial charge on any atom is -0.270 e. The number of carbonyl (C=O) groups excluding carboxylic acids is 2. The summed E-state index contributed by atoms with van der Waals surface area (Å²) >= 11 is 4.74. The van der Waals surface area contributed by atoms with Gasteiger partial charge in [-0.2, -0.15) is 9.90 Å². The van der Waals surface area contributed by atoms with E-state index in [0.29, 0.717) is 4.31 Å². The summed E-state index contributed by atoms with van der Waals surface area (Å²) in [5.41, 5.74) is 0.0385. The van der Waals surface area contributed by atoms with Crippen molar-refractivity contribution >= 4 is 34.1 Å². The molecule has 11 heteroatoms. The van der Waals surface area contributed by atoms with Gasteiger partial charge in [-0.25, -0.2) is 12.7 Å². The third-order valence-corrected chi connectivity index (χ3v) is 4.96. The molecule has 9 nitrogen and oxygen atoms in total. The lowest BCUT2D eigenvalue weighted by Crippen LogP contribution is -2.37. The van der Waals surface area contributed by atoms with Crippen LogP contribution in [0.1, 0.15) is 15.2 Å². The highest BCUT2D eigenvalue weighted by Crippen LogP contribution is 2.29. The van der Waals surface area contributed by atoms with Crippen molar-refractivity contribution in [2.45, 2.75) is 4.90 Å². The van der Waals surface area contributed by atoms with Crippen molar-refractivity contribution in [3.8, 4) is 0 Å². The number of hydrogen-bond donors (Lipinski definition) is 1. The Labute approximate surface area is 123 Å². The fourth-order valence-electron chi connectivity index (χ4n) is 1.94. The molecule has 0 aliphatic carbocycles. The molecule has 0 fully saturated rings. The third kappa shape index (κ3) is 1.97. The summed E-state index contributed by atoms with van der Waals surface area (Å²) in [6.45, 7) is -0.686. The molecule has 1 amide bonds. The molecule has 0 spiro atoms. The Morgan fingerprint density at radius 2 is 2.05 bits per heavy atom. The SMILES string of the molecule is O=C1c2ccccc2S(=O)(=O)N1CC(=O)n1[nH]nnc1=S. The van der Waals surface area contributed by atoms with Crippen molar-refractivity contribution in [1.29, 1.82) is 0 Å². The highest BCUT2D eigenvalue weighted by Gasteiger charge is 2.42. The molecule has 0 atom stereocenters. The minimum absolute atomic E-state index is 0.0385. The number of carbonyl (C=O) groups is 2. The molecule has 0 unspecified atom stereocenters. The lowest BCUT2D eigenvalue weighted by molar-refractivity contribution is 0.0775. The number of nitrogens with one attached hydrogen (secondary N) is 1. The number of tetrazole rings is 1. The number of H-pyrrole nitrogens is 1. The van der Waals surface area contributed by atoms with E-state index in [1.807, 2.05) is 0 Å². The highest BCUT2D eigenvalue weighted by atomic mass is 32.2. The maximum absolute atomic E-state index is 12.3. The van der Waals surface area contributed by atoms with Gasteiger partial charge in [0.2, 0.25) is 4.77 Å². The van der Waals surface area contributed by atoms with Gasteiger partial charge in [-0.15, -0.1) is 0 Å². The van der Waals surface area contributed by atoms with Crippen LogP contribution in [-0.2, 0) is 10.0 Å².